The third-order valence-electron chi connectivity index (χ3n) is 3.41. The lowest BCUT2D eigenvalue weighted by Crippen LogP contribution is -2.40. The molecular weight excluding hydrogens is 440 g/mol. The molecule has 0 saturated carbocycles. The molecule has 1 aromatic carbocycles. The molecule has 0 radical (unpaired) electrons. The molecule has 0 spiro atoms. The average molecular weight is 451 g/mol. The van der Waals surface area contributed by atoms with Crippen molar-refractivity contribution in [2.24, 2.45) is 0 Å². The fraction of sp³-hybridized carbons (Fsp3) is 0.125. The summed E-state index contributed by atoms with van der Waals surface area (Å²) in [5.41, 5.74) is 0.210. The Kier molecular flexibility index (Phi) is 4.80. The molecule has 0 bridgehead atoms. The second kappa shape index (κ2) is 7.02. The lowest BCUT2D eigenvalue weighted by atomic mass is 10.3. The smallest absolute Gasteiger partial charge is 0.293 e. The van der Waals surface area contributed by atoms with Crippen LogP contribution in [0.2, 0.25) is 0 Å². The highest BCUT2D eigenvalue weighted by Crippen LogP contribution is 2.08. The molecule has 0 unspecified atom stereocenters. The molecule has 126 valence electrons. The van der Waals surface area contributed by atoms with Crippen LogP contribution in [-0.4, -0.2) is 24.1 Å². The van der Waals surface area contributed by atoms with E-state index in [1.165, 1.54) is 27.6 Å². The first-order valence-electron chi connectivity index (χ1n) is 7.10. The van der Waals surface area contributed by atoms with Crippen molar-refractivity contribution < 1.29 is 4.39 Å². The van der Waals surface area contributed by atoms with Crippen molar-refractivity contribution in [2.45, 2.75) is 13.1 Å². The SMILES string of the molecule is C#CCn1c(=O)c(I)cn(Cc2cn(-c3ccc(F)cc3)nn2)c1=O. The number of rotatable bonds is 4. The summed E-state index contributed by atoms with van der Waals surface area (Å²) in [6, 6.07) is 5.77. The maximum absolute atomic E-state index is 13.0. The minimum Gasteiger partial charge on any atom is -0.293 e. The monoisotopic (exact) mass is 451 g/mol. The van der Waals surface area contributed by atoms with E-state index in [-0.39, 0.29) is 18.9 Å². The molecule has 3 aromatic rings. The highest BCUT2D eigenvalue weighted by atomic mass is 127. The van der Waals surface area contributed by atoms with E-state index in [2.05, 4.69) is 16.2 Å². The first kappa shape index (κ1) is 17.1. The van der Waals surface area contributed by atoms with Crippen LogP contribution >= 0.6 is 22.6 Å². The quantitative estimate of drug-likeness (QED) is 0.439. The van der Waals surface area contributed by atoms with Crippen molar-refractivity contribution in [1.29, 1.82) is 0 Å². The summed E-state index contributed by atoms with van der Waals surface area (Å²) in [6.45, 7) is 0.0255. The summed E-state index contributed by atoms with van der Waals surface area (Å²) >= 11 is 1.85. The van der Waals surface area contributed by atoms with Crippen LogP contribution in [0, 0.1) is 21.7 Å². The van der Waals surface area contributed by atoms with Crippen LogP contribution in [0.3, 0.4) is 0 Å². The van der Waals surface area contributed by atoms with Gasteiger partial charge in [-0.1, -0.05) is 11.1 Å². The van der Waals surface area contributed by atoms with Crippen molar-refractivity contribution in [1.82, 2.24) is 24.1 Å². The second-order valence-electron chi connectivity index (χ2n) is 5.11. The Balaban J connectivity index is 1.94. The predicted molar refractivity (Wildman–Crippen MR) is 96.9 cm³/mol. The number of aromatic nitrogens is 5. The molecule has 0 atom stereocenters. The first-order chi connectivity index (χ1) is 12.0. The van der Waals surface area contributed by atoms with Crippen molar-refractivity contribution >= 4 is 22.6 Å². The van der Waals surface area contributed by atoms with Crippen LogP contribution in [0.4, 0.5) is 4.39 Å². The van der Waals surface area contributed by atoms with E-state index in [0.29, 0.717) is 15.0 Å². The van der Waals surface area contributed by atoms with Gasteiger partial charge in [0.15, 0.2) is 0 Å². The van der Waals surface area contributed by atoms with Crippen molar-refractivity contribution in [3.05, 3.63) is 72.6 Å². The summed E-state index contributed by atoms with van der Waals surface area (Å²) in [6.07, 6.45) is 8.30. The summed E-state index contributed by atoms with van der Waals surface area (Å²) in [4.78, 5) is 24.4. The van der Waals surface area contributed by atoms with E-state index >= 15 is 0 Å². The van der Waals surface area contributed by atoms with Crippen LogP contribution in [-0.2, 0) is 13.1 Å². The Morgan fingerprint density at radius 1 is 1.20 bits per heavy atom. The van der Waals surface area contributed by atoms with E-state index in [0.717, 1.165) is 4.57 Å². The highest BCUT2D eigenvalue weighted by molar-refractivity contribution is 14.1. The van der Waals surface area contributed by atoms with Crippen LogP contribution in [0.5, 0.6) is 0 Å². The number of halogens is 2. The van der Waals surface area contributed by atoms with Gasteiger partial charge in [-0.3, -0.25) is 9.36 Å². The van der Waals surface area contributed by atoms with E-state index in [9.17, 15) is 14.0 Å². The van der Waals surface area contributed by atoms with E-state index in [4.69, 9.17) is 6.42 Å². The summed E-state index contributed by atoms with van der Waals surface area (Å²) in [5, 5.41) is 7.98. The van der Waals surface area contributed by atoms with E-state index < -0.39 is 11.2 Å². The lowest BCUT2D eigenvalue weighted by Gasteiger charge is -2.07. The maximum atomic E-state index is 13.0. The maximum Gasteiger partial charge on any atom is 0.332 e. The Hall–Kier alpha value is -2.74. The zero-order chi connectivity index (χ0) is 18.0. The van der Waals surface area contributed by atoms with Gasteiger partial charge in [0.2, 0.25) is 0 Å². The van der Waals surface area contributed by atoms with Gasteiger partial charge in [-0.05, 0) is 46.9 Å². The minimum absolute atomic E-state index is 0.100. The summed E-state index contributed by atoms with van der Waals surface area (Å²) in [5.74, 6) is 1.95. The minimum atomic E-state index is -0.514. The standard InChI is InChI=1S/C16H11FIN5O2/c1-2-7-22-15(24)14(18)10-21(16(22)25)8-12-9-23(20-19-12)13-5-3-11(17)4-6-13/h1,3-6,9-10H,7-8H2. The van der Waals surface area contributed by atoms with E-state index in [1.54, 1.807) is 18.3 Å². The van der Waals surface area contributed by atoms with Crippen molar-refractivity contribution in [2.75, 3.05) is 0 Å². The molecule has 0 fully saturated rings. The van der Waals surface area contributed by atoms with Crippen LogP contribution in [0.25, 0.3) is 5.69 Å². The van der Waals surface area contributed by atoms with Crippen LogP contribution in [0.15, 0.2) is 46.2 Å². The molecule has 0 aliphatic heterocycles. The van der Waals surface area contributed by atoms with Gasteiger partial charge in [0.1, 0.15) is 11.5 Å². The molecule has 2 heterocycles. The van der Waals surface area contributed by atoms with Gasteiger partial charge in [0, 0.05) is 6.20 Å². The van der Waals surface area contributed by atoms with Crippen molar-refractivity contribution in [3.8, 4) is 18.0 Å². The number of hydrogen-bond donors (Lipinski definition) is 0. The Morgan fingerprint density at radius 3 is 2.60 bits per heavy atom. The van der Waals surface area contributed by atoms with Crippen molar-refractivity contribution in [3.63, 3.8) is 0 Å². The molecular formula is C16H11FIN5O2. The largest absolute Gasteiger partial charge is 0.332 e. The normalized spacial score (nSPS) is 10.6. The summed E-state index contributed by atoms with van der Waals surface area (Å²) in [7, 11) is 0. The molecule has 0 aliphatic rings. The summed E-state index contributed by atoms with van der Waals surface area (Å²) < 4.78 is 17.2. The van der Waals surface area contributed by atoms with Gasteiger partial charge in [0.05, 0.1) is 28.5 Å². The molecule has 0 aliphatic carbocycles. The Labute approximate surface area is 154 Å². The number of terminal acetylenes is 1. The van der Waals surface area contributed by atoms with Gasteiger partial charge in [0.25, 0.3) is 5.56 Å². The first-order valence-corrected chi connectivity index (χ1v) is 8.18. The average Bonchev–Trinajstić information content (AvgIpc) is 3.06. The Morgan fingerprint density at radius 2 is 1.92 bits per heavy atom. The van der Waals surface area contributed by atoms with Crippen LogP contribution < -0.4 is 11.2 Å². The molecule has 3 rings (SSSR count). The predicted octanol–water partition coefficient (Wildman–Crippen LogP) is 1.02. The third-order valence-corrected chi connectivity index (χ3v) is 4.15. The van der Waals surface area contributed by atoms with Gasteiger partial charge < -0.3 is 0 Å². The fourth-order valence-electron chi connectivity index (χ4n) is 2.23. The fourth-order valence-corrected chi connectivity index (χ4v) is 2.85. The molecule has 25 heavy (non-hydrogen) atoms. The topological polar surface area (TPSA) is 74.7 Å². The lowest BCUT2D eigenvalue weighted by molar-refractivity contribution is 0.612. The van der Waals surface area contributed by atoms with E-state index in [1.807, 2.05) is 22.6 Å². The zero-order valence-corrected chi connectivity index (χ0v) is 14.9. The van der Waals surface area contributed by atoms with Gasteiger partial charge in [-0.2, -0.15) is 0 Å². The molecule has 0 N–H and O–H groups in total. The van der Waals surface area contributed by atoms with Gasteiger partial charge >= 0.3 is 5.69 Å². The number of hydrogen-bond acceptors (Lipinski definition) is 4. The van der Waals surface area contributed by atoms with Gasteiger partial charge in [-0.25, -0.2) is 18.4 Å². The zero-order valence-electron chi connectivity index (χ0n) is 12.8. The van der Waals surface area contributed by atoms with Gasteiger partial charge in [-0.15, -0.1) is 11.5 Å². The molecule has 7 nitrogen and oxygen atoms in total. The molecule has 0 saturated heterocycles. The third kappa shape index (κ3) is 3.53. The Bertz CT molecular complexity index is 1080. The number of nitrogens with zero attached hydrogens (tertiary/aromatic N) is 5. The highest BCUT2D eigenvalue weighted by Gasteiger charge is 2.11. The molecule has 2 aromatic heterocycles. The van der Waals surface area contributed by atoms with Crippen LogP contribution in [0.1, 0.15) is 5.69 Å². The second-order valence-corrected chi connectivity index (χ2v) is 6.28. The molecule has 0 amide bonds. The number of benzene rings is 1. The molecule has 9 heteroatoms.